The second-order valence-electron chi connectivity index (χ2n) is 7.64. The topological polar surface area (TPSA) is 122 Å². The van der Waals surface area contributed by atoms with Crippen molar-refractivity contribution in [2.24, 2.45) is 23.5 Å². The molecule has 0 aromatic heterocycles. The highest BCUT2D eigenvalue weighted by molar-refractivity contribution is 5.91. The summed E-state index contributed by atoms with van der Waals surface area (Å²) in [4.78, 5) is 36.2. The van der Waals surface area contributed by atoms with Crippen molar-refractivity contribution in [3.05, 3.63) is 0 Å². The average molecular weight is 357 g/mol. The van der Waals surface area contributed by atoms with Crippen LogP contribution >= 0.6 is 0 Å². The number of carbonyl (C=O) groups excluding carboxylic acids is 2. The van der Waals surface area contributed by atoms with Crippen LogP contribution in [-0.2, 0) is 14.4 Å². The standard InChI is InChI=1S/C18H35N3O4/c1-7-12(6)15(21-16(22)13(19)8-10(2)3)17(23)20-14(18(24)25)9-11(4)5/h10-15H,7-9,19H2,1-6H3,(H,20,23)(H,21,22)(H,24,25)/t12-,13-,14-,15-/m0/s1. The summed E-state index contributed by atoms with van der Waals surface area (Å²) in [6, 6.07) is -2.46. The Morgan fingerprint density at radius 1 is 0.920 bits per heavy atom. The number of carbonyl (C=O) groups is 3. The van der Waals surface area contributed by atoms with Crippen molar-refractivity contribution in [2.45, 2.75) is 78.9 Å². The molecule has 0 aromatic rings. The number of hydrogen-bond donors (Lipinski definition) is 4. The molecule has 0 fully saturated rings. The van der Waals surface area contributed by atoms with E-state index in [9.17, 15) is 19.5 Å². The van der Waals surface area contributed by atoms with Crippen LogP contribution < -0.4 is 16.4 Å². The lowest BCUT2D eigenvalue weighted by Crippen LogP contribution is -2.56. The van der Waals surface area contributed by atoms with Crippen molar-refractivity contribution < 1.29 is 19.5 Å². The first-order chi connectivity index (χ1) is 11.5. The molecule has 0 aliphatic rings. The first-order valence-electron chi connectivity index (χ1n) is 9.08. The van der Waals surface area contributed by atoms with Crippen LogP contribution in [0.25, 0.3) is 0 Å². The van der Waals surface area contributed by atoms with E-state index in [1.165, 1.54) is 0 Å². The summed E-state index contributed by atoms with van der Waals surface area (Å²) in [6.45, 7) is 11.5. The lowest BCUT2D eigenvalue weighted by atomic mass is 9.96. The minimum Gasteiger partial charge on any atom is -0.480 e. The maximum absolute atomic E-state index is 12.6. The van der Waals surface area contributed by atoms with E-state index < -0.39 is 30.0 Å². The van der Waals surface area contributed by atoms with Gasteiger partial charge in [-0.3, -0.25) is 9.59 Å². The number of nitrogens with one attached hydrogen (secondary N) is 2. The molecule has 5 N–H and O–H groups in total. The summed E-state index contributed by atoms with van der Waals surface area (Å²) in [6.07, 6.45) is 1.51. The van der Waals surface area contributed by atoms with E-state index in [2.05, 4.69) is 10.6 Å². The maximum Gasteiger partial charge on any atom is 0.326 e. The Balaban J connectivity index is 5.09. The van der Waals surface area contributed by atoms with Crippen LogP contribution in [0.5, 0.6) is 0 Å². The SMILES string of the molecule is CC[C@H](C)[C@H](NC(=O)[C@@H](N)CC(C)C)C(=O)N[C@@H](CC(C)C)C(=O)O. The third kappa shape index (κ3) is 8.86. The summed E-state index contributed by atoms with van der Waals surface area (Å²) < 4.78 is 0. The molecule has 0 saturated carbocycles. The monoisotopic (exact) mass is 357 g/mol. The van der Waals surface area contributed by atoms with Gasteiger partial charge in [0.1, 0.15) is 12.1 Å². The average Bonchev–Trinajstić information content (AvgIpc) is 2.49. The predicted molar refractivity (Wildman–Crippen MR) is 97.8 cm³/mol. The summed E-state index contributed by atoms with van der Waals surface area (Å²) in [5.74, 6) is -1.69. The molecule has 0 aromatic carbocycles. The van der Waals surface area contributed by atoms with Gasteiger partial charge in [0, 0.05) is 0 Å². The van der Waals surface area contributed by atoms with Gasteiger partial charge in [0.25, 0.3) is 0 Å². The van der Waals surface area contributed by atoms with Crippen molar-refractivity contribution in [1.82, 2.24) is 10.6 Å². The summed E-state index contributed by atoms with van der Waals surface area (Å²) in [7, 11) is 0. The number of rotatable bonds is 11. The second-order valence-corrected chi connectivity index (χ2v) is 7.64. The fraction of sp³-hybridized carbons (Fsp3) is 0.833. The zero-order chi connectivity index (χ0) is 19.7. The molecule has 0 saturated heterocycles. The first-order valence-corrected chi connectivity index (χ1v) is 9.08. The summed E-state index contributed by atoms with van der Waals surface area (Å²) in [5.41, 5.74) is 5.89. The van der Waals surface area contributed by atoms with Crippen molar-refractivity contribution in [3.8, 4) is 0 Å². The summed E-state index contributed by atoms with van der Waals surface area (Å²) >= 11 is 0. The van der Waals surface area contributed by atoms with Gasteiger partial charge in [-0.25, -0.2) is 4.79 Å². The lowest BCUT2D eigenvalue weighted by Gasteiger charge is -2.27. The molecule has 146 valence electrons. The van der Waals surface area contributed by atoms with E-state index >= 15 is 0 Å². The molecule has 0 unspecified atom stereocenters. The molecule has 2 amide bonds. The largest absolute Gasteiger partial charge is 0.480 e. The van der Waals surface area contributed by atoms with Gasteiger partial charge in [-0.15, -0.1) is 0 Å². The Morgan fingerprint density at radius 3 is 1.84 bits per heavy atom. The molecule has 0 bridgehead atoms. The zero-order valence-electron chi connectivity index (χ0n) is 16.3. The number of aliphatic carboxylic acids is 1. The maximum atomic E-state index is 12.6. The number of amides is 2. The number of nitrogens with two attached hydrogens (primary N) is 1. The minimum atomic E-state index is -1.08. The predicted octanol–water partition coefficient (Wildman–Crippen LogP) is 1.51. The van der Waals surface area contributed by atoms with Crippen molar-refractivity contribution in [3.63, 3.8) is 0 Å². The Labute approximate surface area is 151 Å². The fourth-order valence-corrected chi connectivity index (χ4v) is 2.53. The quantitative estimate of drug-likeness (QED) is 0.446. The van der Waals surface area contributed by atoms with E-state index in [1.54, 1.807) is 0 Å². The van der Waals surface area contributed by atoms with Crippen LogP contribution in [0.2, 0.25) is 0 Å². The van der Waals surface area contributed by atoms with Crippen LogP contribution in [0.4, 0.5) is 0 Å². The summed E-state index contributed by atoms with van der Waals surface area (Å²) in [5, 5.41) is 14.6. The molecule has 0 aliphatic heterocycles. The number of carboxylic acid groups (broad SMARTS) is 1. The molecule has 25 heavy (non-hydrogen) atoms. The van der Waals surface area contributed by atoms with Gasteiger partial charge in [0.2, 0.25) is 11.8 Å². The van der Waals surface area contributed by atoms with Gasteiger partial charge < -0.3 is 21.5 Å². The van der Waals surface area contributed by atoms with E-state index in [-0.39, 0.29) is 23.7 Å². The normalized spacial score (nSPS) is 16.2. The number of carboxylic acids is 1. The molecule has 0 aliphatic carbocycles. The Kier molecular flexibility index (Phi) is 10.4. The number of hydrogen-bond acceptors (Lipinski definition) is 4. The van der Waals surface area contributed by atoms with E-state index in [1.807, 2.05) is 41.5 Å². The smallest absolute Gasteiger partial charge is 0.326 e. The van der Waals surface area contributed by atoms with Crippen LogP contribution in [0.15, 0.2) is 0 Å². The van der Waals surface area contributed by atoms with Gasteiger partial charge >= 0.3 is 5.97 Å². The van der Waals surface area contributed by atoms with Crippen molar-refractivity contribution >= 4 is 17.8 Å². The molecule has 0 heterocycles. The second kappa shape index (κ2) is 11.1. The zero-order valence-corrected chi connectivity index (χ0v) is 16.3. The van der Waals surface area contributed by atoms with Crippen LogP contribution in [0.3, 0.4) is 0 Å². The highest BCUT2D eigenvalue weighted by Gasteiger charge is 2.31. The molecule has 4 atom stereocenters. The van der Waals surface area contributed by atoms with Crippen molar-refractivity contribution in [1.29, 1.82) is 0 Å². The van der Waals surface area contributed by atoms with Gasteiger partial charge in [0.05, 0.1) is 6.04 Å². The Bertz CT molecular complexity index is 452. The van der Waals surface area contributed by atoms with Gasteiger partial charge in [-0.05, 0) is 30.6 Å². The van der Waals surface area contributed by atoms with Crippen molar-refractivity contribution in [2.75, 3.05) is 0 Å². The first kappa shape index (κ1) is 23.4. The highest BCUT2D eigenvalue weighted by atomic mass is 16.4. The third-order valence-corrected chi connectivity index (χ3v) is 4.18. The molecule has 0 radical (unpaired) electrons. The minimum absolute atomic E-state index is 0.123. The molecule has 7 nitrogen and oxygen atoms in total. The molecular formula is C18H35N3O4. The molecule has 0 rings (SSSR count). The van der Waals surface area contributed by atoms with Crippen LogP contribution in [0.1, 0.15) is 60.8 Å². The fourth-order valence-electron chi connectivity index (χ4n) is 2.53. The Hall–Kier alpha value is -1.63. The van der Waals surface area contributed by atoms with E-state index in [4.69, 9.17) is 5.73 Å². The lowest BCUT2D eigenvalue weighted by molar-refractivity contribution is -0.143. The molecular weight excluding hydrogens is 322 g/mol. The van der Waals surface area contributed by atoms with Gasteiger partial charge in [-0.2, -0.15) is 0 Å². The molecule has 7 heteroatoms. The molecule has 0 spiro atoms. The third-order valence-electron chi connectivity index (χ3n) is 4.18. The van der Waals surface area contributed by atoms with Gasteiger partial charge in [0.15, 0.2) is 0 Å². The highest BCUT2D eigenvalue weighted by Crippen LogP contribution is 2.12. The van der Waals surface area contributed by atoms with Crippen LogP contribution in [0, 0.1) is 17.8 Å². The van der Waals surface area contributed by atoms with E-state index in [0.717, 1.165) is 0 Å². The van der Waals surface area contributed by atoms with Gasteiger partial charge in [-0.1, -0.05) is 48.0 Å². The van der Waals surface area contributed by atoms with E-state index in [0.29, 0.717) is 19.3 Å². The Morgan fingerprint density at radius 2 is 1.44 bits per heavy atom. The van der Waals surface area contributed by atoms with Crippen LogP contribution in [-0.4, -0.2) is 41.0 Å².